The Labute approximate surface area is 132 Å². The Hall–Kier alpha value is -3.27. The molecule has 0 amide bonds. The molecule has 4 nitrogen and oxygen atoms in total. The number of carbonyl (C=O) groups is 1. The summed E-state index contributed by atoms with van der Waals surface area (Å²) in [5.74, 6) is -0.914. The lowest BCUT2D eigenvalue weighted by molar-refractivity contribution is 0.0697. The molecule has 0 aromatic heterocycles. The van der Waals surface area contributed by atoms with Crippen LogP contribution < -0.4 is 0 Å². The van der Waals surface area contributed by atoms with Gasteiger partial charge in [0.15, 0.2) is 0 Å². The monoisotopic (exact) mass is 300 g/mol. The number of azo groups is 1. The zero-order chi connectivity index (χ0) is 15.8. The summed E-state index contributed by atoms with van der Waals surface area (Å²) in [6, 6.07) is 21.0. The smallest absolute Gasteiger partial charge is 0.335 e. The molecule has 4 rings (SSSR count). The summed E-state index contributed by atoms with van der Waals surface area (Å²) in [7, 11) is 0. The van der Waals surface area contributed by atoms with E-state index in [1.54, 1.807) is 12.1 Å². The molecule has 3 aromatic carbocycles. The quantitative estimate of drug-likeness (QED) is 0.547. The first-order valence-electron chi connectivity index (χ1n) is 7.21. The maximum atomic E-state index is 10.9. The zero-order valence-corrected chi connectivity index (χ0v) is 12.1. The summed E-state index contributed by atoms with van der Waals surface area (Å²) >= 11 is 0. The Balaban J connectivity index is 1.66. The molecule has 4 heteroatoms. The Morgan fingerprint density at radius 3 is 2.00 bits per heavy atom. The first-order valence-corrected chi connectivity index (χ1v) is 7.21. The van der Waals surface area contributed by atoms with Gasteiger partial charge in [0.25, 0.3) is 0 Å². The van der Waals surface area contributed by atoms with Crippen LogP contribution in [0.1, 0.15) is 10.4 Å². The summed E-state index contributed by atoms with van der Waals surface area (Å²) in [5, 5.41) is 17.2. The van der Waals surface area contributed by atoms with Crippen LogP contribution in [0, 0.1) is 0 Å². The van der Waals surface area contributed by atoms with Crippen LogP contribution in [0.15, 0.2) is 77.0 Å². The lowest BCUT2D eigenvalue weighted by Gasteiger charge is -2.06. The Morgan fingerprint density at radius 2 is 1.35 bits per heavy atom. The minimum atomic E-state index is -0.914. The van der Waals surface area contributed by atoms with Gasteiger partial charge in [-0.25, -0.2) is 4.79 Å². The van der Waals surface area contributed by atoms with Crippen molar-refractivity contribution in [1.82, 2.24) is 0 Å². The van der Waals surface area contributed by atoms with Gasteiger partial charge in [-0.15, -0.1) is 5.11 Å². The van der Waals surface area contributed by atoms with Crippen molar-refractivity contribution in [3.8, 4) is 22.3 Å². The second-order valence-electron chi connectivity index (χ2n) is 5.36. The van der Waals surface area contributed by atoms with E-state index < -0.39 is 5.97 Å². The van der Waals surface area contributed by atoms with E-state index in [4.69, 9.17) is 5.11 Å². The Morgan fingerprint density at radius 1 is 0.739 bits per heavy atom. The molecule has 3 aromatic rings. The highest BCUT2D eigenvalue weighted by Gasteiger charge is 2.10. The third-order valence-electron chi connectivity index (χ3n) is 3.92. The van der Waals surface area contributed by atoms with E-state index in [1.165, 1.54) is 0 Å². The topological polar surface area (TPSA) is 62.0 Å². The van der Waals surface area contributed by atoms with Crippen LogP contribution >= 0.6 is 0 Å². The number of fused-ring (bicyclic) bond motifs is 2. The Bertz CT molecular complexity index is 927. The van der Waals surface area contributed by atoms with E-state index in [2.05, 4.69) is 10.2 Å². The van der Waals surface area contributed by atoms with Gasteiger partial charge < -0.3 is 5.11 Å². The normalized spacial score (nSPS) is 11.7. The first kappa shape index (κ1) is 13.4. The predicted octanol–water partition coefficient (Wildman–Crippen LogP) is 5.45. The highest BCUT2D eigenvalue weighted by molar-refractivity contribution is 5.88. The maximum Gasteiger partial charge on any atom is 0.335 e. The van der Waals surface area contributed by atoms with Gasteiger partial charge in [0, 0.05) is 5.56 Å². The molecule has 2 bridgehead atoms. The lowest BCUT2D eigenvalue weighted by Crippen LogP contribution is -1.94. The minimum Gasteiger partial charge on any atom is -0.478 e. The molecule has 0 saturated heterocycles. The van der Waals surface area contributed by atoms with Crippen molar-refractivity contribution >= 4 is 17.3 Å². The molecule has 0 unspecified atom stereocenters. The fraction of sp³-hybridized carbons (Fsp3) is 0. The molecule has 23 heavy (non-hydrogen) atoms. The average Bonchev–Trinajstić information content (AvgIpc) is 2.96. The van der Waals surface area contributed by atoms with Gasteiger partial charge in [0.05, 0.1) is 16.9 Å². The van der Waals surface area contributed by atoms with E-state index >= 15 is 0 Å². The van der Waals surface area contributed by atoms with Crippen molar-refractivity contribution in [2.75, 3.05) is 0 Å². The molecular weight excluding hydrogens is 288 g/mol. The minimum absolute atomic E-state index is 0.291. The fourth-order valence-electron chi connectivity index (χ4n) is 2.67. The van der Waals surface area contributed by atoms with E-state index in [0.717, 1.165) is 33.6 Å². The van der Waals surface area contributed by atoms with Gasteiger partial charge in [-0.3, -0.25) is 0 Å². The van der Waals surface area contributed by atoms with Crippen LogP contribution in [0.25, 0.3) is 22.3 Å². The number of carboxylic acids is 1. The second kappa shape index (κ2) is 5.18. The fourth-order valence-corrected chi connectivity index (χ4v) is 2.67. The molecule has 1 aliphatic rings. The molecule has 1 N–H and O–H groups in total. The third-order valence-corrected chi connectivity index (χ3v) is 3.92. The van der Waals surface area contributed by atoms with Gasteiger partial charge in [0.1, 0.15) is 0 Å². The summed E-state index contributed by atoms with van der Waals surface area (Å²) in [4.78, 5) is 10.9. The number of rotatable bonds is 3. The third kappa shape index (κ3) is 2.40. The number of hydrogen-bond acceptors (Lipinski definition) is 3. The average molecular weight is 300 g/mol. The van der Waals surface area contributed by atoms with Crippen LogP contribution in [0.3, 0.4) is 0 Å². The Kier molecular flexibility index (Phi) is 3.01. The SMILES string of the molecule is O=C(O)c1ccc(-c2ccc(-c3ccc4cc3N=N4)cc2)cc1. The van der Waals surface area contributed by atoms with Crippen molar-refractivity contribution in [3.05, 3.63) is 72.3 Å². The van der Waals surface area contributed by atoms with E-state index in [0.29, 0.717) is 5.56 Å². The van der Waals surface area contributed by atoms with Gasteiger partial charge in [-0.05, 0) is 47.0 Å². The van der Waals surface area contributed by atoms with Crippen LogP contribution in [-0.4, -0.2) is 11.1 Å². The lowest BCUT2D eigenvalue weighted by atomic mass is 9.99. The largest absolute Gasteiger partial charge is 0.478 e. The predicted molar refractivity (Wildman–Crippen MR) is 88.4 cm³/mol. The van der Waals surface area contributed by atoms with Crippen LogP contribution in [0.4, 0.5) is 11.4 Å². The number of hydrogen-bond donors (Lipinski definition) is 1. The highest BCUT2D eigenvalue weighted by Crippen LogP contribution is 2.39. The van der Waals surface area contributed by atoms with Crippen LogP contribution in [0.5, 0.6) is 0 Å². The van der Waals surface area contributed by atoms with Gasteiger partial charge in [-0.1, -0.05) is 36.4 Å². The number of nitrogens with zero attached hydrogens (tertiary/aromatic N) is 2. The molecule has 0 radical (unpaired) electrons. The van der Waals surface area contributed by atoms with Crippen molar-refractivity contribution in [2.45, 2.75) is 0 Å². The highest BCUT2D eigenvalue weighted by atomic mass is 16.4. The molecule has 0 fully saturated rings. The van der Waals surface area contributed by atoms with E-state index in [9.17, 15) is 4.79 Å². The molecular formula is C19H12N2O2. The summed E-state index contributed by atoms with van der Waals surface area (Å²) in [6.45, 7) is 0. The van der Waals surface area contributed by atoms with Crippen molar-refractivity contribution in [2.24, 2.45) is 10.2 Å². The molecule has 0 saturated carbocycles. The zero-order valence-electron chi connectivity index (χ0n) is 12.1. The standard InChI is InChI=1S/C19H12N2O2/c22-19(23)15-7-3-13(4-8-15)12-1-5-14(6-2-12)17-10-9-16-11-18(17)21-20-16/h1-11H,(H,22,23). The molecule has 110 valence electrons. The van der Waals surface area contributed by atoms with E-state index in [-0.39, 0.29) is 0 Å². The molecule has 1 heterocycles. The van der Waals surface area contributed by atoms with Crippen molar-refractivity contribution in [1.29, 1.82) is 0 Å². The number of carboxylic acid groups (broad SMARTS) is 1. The maximum absolute atomic E-state index is 10.9. The molecule has 0 atom stereocenters. The van der Waals surface area contributed by atoms with Crippen LogP contribution in [0.2, 0.25) is 0 Å². The van der Waals surface area contributed by atoms with Gasteiger partial charge in [-0.2, -0.15) is 5.11 Å². The number of aromatic carboxylic acids is 1. The van der Waals surface area contributed by atoms with Gasteiger partial charge in [0.2, 0.25) is 0 Å². The molecule has 1 aliphatic heterocycles. The summed E-state index contributed by atoms with van der Waals surface area (Å²) in [5.41, 5.74) is 6.24. The van der Waals surface area contributed by atoms with Crippen molar-refractivity contribution < 1.29 is 9.90 Å². The van der Waals surface area contributed by atoms with E-state index in [1.807, 2.05) is 54.6 Å². The number of benzene rings is 3. The molecule has 0 spiro atoms. The van der Waals surface area contributed by atoms with Crippen molar-refractivity contribution in [3.63, 3.8) is 0 Å². The molecule has 0 aliphatic carbocycles. The summed E-state index contributed by atoms with van der Waals surface area (Å²) in [6.07, 6.45) is 0. The summed E-state index contributed by atoms with van der Waals surface area (Å²) < 4.78 is 0. The second-order valence-corrected chi connectivity index (χ2v) is 5.36. The first-order chi connectivity index (χ1) is 11.2. The van der Waals surface area contributed by atoms with Gasteiger partial charge >= 0.3 is 5.97 Å². The van der Waals surface area contributed by atoms with Crippen LogP contribution in [-0.2, 0) is 0 Å².